The van der Waals surface area contributed by atoms with Crippen LogP contribution in [0.3, 0.4) is 0 Å². The number of rotatable bonds is 6. The number of carbonyl (C=O) groups excluding carboxylic acids is 1. The number of fused-ring (bicyclic) bond motifs is 1. The van der Waals surface area contributed by atoms with Crippen LogP contribution in [0.4, 0.5) is 5.69 Å². The molecule has 0 bridgehead atoms. The first-order chi connectivity index (χ1) is 17.4. The Morgan fingerprint density at radius 3 is 2.42 bits per heavy atom. The van der Waals surface area contributed by atoms with Crippen LogP contribution in [0.2, 0.25) is 5.02 Å². The molecule has 1 aromatic heterocycles. The molecule has 2 aliphatic rings. The van der Waals surface area contributed by atoms with Gasteiger partial charge in [-0.1, -0.05) is 35.9 Å². The normalized spacial score (nSPS) is 16.2. The number of anilines is 1. The third-order valence-corrected chi connectivity index (χ3v) is 8.33. The van der Waals surface area contributed by atoms with E-state index in [1.165, 1.54) is 5.56 Å². The van der Waals surface area contributed by atoms with E-state index >= 15 is 0 Å². The van der Waals surface area contributed by atoms with E-state index in [-0.39, 0.29) is 10.8 Å². The molecule has 3 aromatic rings. The van der Waals surface area contributed by atoms with Gasteiger partial charge < -0.3 is 4.90 Å². The van der Waals surface area contributed by atoms with Crippen LogP contribution in [0.1, 0.15) is 28.8 Å². The average Bonchev–Trinajstić information content (AvgIpc) is 2.90. The number of hydrogen-bond acceptors (Lipinski definition) is 5. The number of carbonyl (C=O) groups is 1. The predicted molar refractivity (Wildman–Crippen MR) is 142 cm³/mol. The number of pyridine rings is 1. The first-order valence-electron chi connectivity index (χ1n) is 11.9. The molecule has 1 N–H and O–H groups in total. The lowest BCUT2D eigenvalue weighted by atomic mass is 10.1. The zero-order valence-electron chi connectivity index (χ0n) is 19.7. The quantitative estimate of drug-likeness (QED) is 0.538. The van der Waals surface area contributed by atoms with Crippen LogP contribution in [-0.2, 0) is 16.6 Å². The highest BCUT2D eigenvalue weighted by Crippen LogP contribution is 2.21. The Kier molecular flexibility index (Phi) is 7.09. The number of sulfonamides is 1. The Labute approximate surface area is 215 Å². The summed E-state index contributed by atoms with van der Waals surface area (Å²) in [6.07, 6.45) is 4.65. The van der Waals surface area contributed by atoms with Crippen LogP contribution in [0.25, 0.3) is 11.0 Å². The monoisotopic (exact) mass is 522 g/mol. The van der Waals surface area contributed by atoms with Gasteiger partial charge in [-0.15, -0.1) is 0 Å². The summed E-state index contributed by atoms with van der Waals surface area (Å²) in [5.41, 5.74) is 2.15. The lowest BCUT2D eigenvalue weighted by Gasteiger charge is -2.34. The Morgan fingerprint density at radius 1 is 0.972 bits per heavy atom. The Balaban J connectivity index is 1.21. The van der Waals surface area contributed by atoms with Crippen LogP contribution in [0, 0.1) is 0 Å². The van der Waals surface area contributed by atoms with Crippen LogP contribution in [0.5, 0.6) is 0 Å². The van der Waals surface area contributed by atoms with Gasteiger partial charge in [0, 0.05) is 55.2 Å². The minimum absolute atomic E-state index is 0.0501. The molecule has 0 spiro atoms. The fraction of sp³-hybridized carbons (Fsp3) is 0.259. The molecule has 186 valence electrons. The maximum absolute atomic E-state index is 13.1. The molecule has 0 saturated carbocycles. The van der Waals surface area contributed by atoms with Crippen molar-refractivity contribution in [3.05, 3.63) is 93.6 Å². The number of nitrogens with one attached hydrogen (secondary N) is 1. The van der Waals surface area contributed by atoms with Crippen molar-refractivity contribution in [1.29, 1.82) is 0 Å². The van der Waals surface area contributed by atoms with Crippen molar-refractivity contribution >= 4 is 44.2 Å². The second-order valence-electron chi connectivity index (χ2n) is 8.98. The van der Waals surface area contributed by atoms with Crippen LogP contribution in [-0.4, -0.2) is 55.3 Å². The highest BCUT2D eigenvalue weighted by atomic mass is 35.5. The number of nitrogens with zero attached hydrogens (tertiary/aromatic N) is 3. The second kappa shape index (κ2) is 10.4. The molecular formula is C27H27ClN4O3S. The standard InChI is InChI=1S/C27H27ClN4O3S/c28-23-10-6-20(7-11-23)19-31-15-17-32(18-16-31)27(33)22-8-12-24(13-9-22)30-36(34,35)25-5-1-3-21-4-2-14-29-26(21)25/h2-4,6-14,30H,1,5,15-19H2. The zero-order valence-corrected chi connectivity index (χ0v) is 21.3. The fourth-order valence-electron chi connectivity index (χ4n) is 4.59. The van der Waals surface area contributed by atoms with E-state index in [2.05, 4.69) is 14.6 Å². The maximum atomic E-state index is 13.1. The van der Waals surface area contributed by atoms with E-state index in [0.717, 1.165) is 29.9 Å². The topological polar surface area (TPSA) is 82.6 Å². The van der Waals surface area contributed by atoms with Crippen molar-refractivity contribution < 1.29 is 13.2 Å². The number of benzene rings is 2. The number of halogens is 1. The van der Waals surface area contributed by atoms with Crippen molar-refractivity contribution in [2.24, 2.45) is 0 Å². The van der Waals surface area contributed by atoms with E-state index < -0.39 is 10.0 Å². The van der Waals surface area contributed by atoms with Crippen molar-refractivity contribution in [1.82, 2.24) is 14.8 Å². The molecule has 36 heavy (non-hydrogen) atoms. The Hall–Kier alpha value is -3.20. The molecule has 2 heterocycles. The molecule has 1 fully saturated rings. The molecule has 7 nitrogen and oxygen atoms in total. The molecule has 5 rings (SSSR count). The lowest BCUT2D eigenvalue weighted by Crippen LogP contribution is -2.48. The van der Waals surface area contributed by atoms with E-state index in [4.69, 9.17) is 11.6 Å². The highest BCUT2D eigenvalue weighted by Gasteiger charge is 2.24. The smallest absolute Gasteiger partial charge is 0.260 e. The predicted octanol–water partition coefficient (Wildman–Crippen LogP) is 2.82. The molecule has 0 atom stereocenters. The number of amides is 1. The van der Waals surface area contributed by atoms with Gasteiger partial charge in [0.05, 0.1) is 10.3 Å². The van der Waals surface area contributed by atoms with Crippen LogP contribution < -0.4 is 15.3 Å². The summed E-state index contributed by atoms with van der Waals surface area (Å²) in [4.78, 5) is 21.8. The van der Waals surface area contributed by atoms with E-state index in [1.54, 1.807) is 36.5 Å². The summed E-state index contributed by atoms with van der Waals surface area (Å²) in [5, 5.41) is 2.05. The molecule has 1 amide bonds. The fourth-order valence-corrected chi connectivity index (χ4v) is 6.10. The third-order valence-electron chi connectivity index (χ3n) is 6.53. The second-order valence-corrected chi connectivity index (χ2v) is 11.1. The molecule has 0 radical (unpaired) electrons. The molecule has 1 saturated heterocycles. The van der Waals surface area contributed by atoms with Gasteiger partial charge in [-0.3, -0.25) is 19.4 Å². The lowest BCUT2D eigenvalue weighted by molar-refractivity contribution is 0.0628. The summed E-state index contributed by atoms with van der Waals surface area (Å²) in [6.45, 7) is 3.69. The van der Waals surface area contributed by atoms with Crippen molar-refractivity contribution in [3.8, 4) is 0 Å². The van der Waals surface area contributed by atoms with E-state index in [9.17, 15) is 13.2 Å². The van der Waals surface area contributed by atoms with Crippen LogP contribution in [0.15, 0.2) is 66.9 Å². The van der Waals surface area contributed by atoms with Gasteiger partial charge in [0.25, 0.3) is 15.9 Å². The van der Waals surface area contributed by atoms with Gasteiger partial charge in [-0.25, -0.2) is 8.42 Å². The number of piperazine rings is 1. The molecular weight excluding hydrogens is 496 g/mol. The average molecular weight is 523 g/mol. The maximum Gasteiger partial charge on any atom is 0.260 e. The van der Waals surface area contributed by atoms with Crippen LogP contribution >= 0.6 is 11.6 Å². The summed E-state index contributed by atoms with van der Waals surface area (Å²) < 4.78 is 28.8. The van der Waals surface area contributed by atoms with Gasteiger partial charge in [-0.05, 0) is 66.1 Å². The zero-order chi connectivity index (χ0) is 25.1. The van der Waals surface area contributed by atoms with Gasteiger partial charge in [0.1, 0.15) is 0 Å². The highest BCUT2D eigenvalue weighted by molar-refractivity contribution is 8.01. The summed E-state index contributed by atoms with van der Waals surface area (Å²) in [7, 11) is -3.76. The first kappa shape index (κ1) is 24.5. The molecule has 9 heteroatoms. The number of aromatic nitrogens is 1. The van der Waals surface area contributed by atoms with E-state index in [1.807, 2.05) is 41.3 Å². The molecule has 1 aliphatic heterocycles. The minimum atomic E-state index is -3.76. The summed E-state index contributed by atoms with van der Waals surface area (Å²) in [6, 6.07) is 18.1. The third kappa shape index (κ3) is 5.46. The van der Waals surface area contributed by atoms with E-state index in [0.29, 0.717) is 42.5 Å². The Bertz CT molecular complexity index is 1480. The SMILES string of the molecule is O=C(c1ccc(NS(=O)(=O)C2=c3ncccc3=CCC2)cc1)N1CCN(Cc2ccc(Cl)cc2)CC1. The largest absolute Gasteiger partial charge is 0.336 e. The number of hydrogen-bond donors (Lipinski definition) is 1. The van der Waals surface area contributed by atoms with Crippen molar-refractivity contribution in [2.75, 3.05) is 30.9 Å². The van der Waals surface area contributed by atoms with Gasteiger partial charge in [0.15, 0.2) is 0 Å². The molecule has 2 aromatic carbocycles. The van der Waals surface area contributed by atoms with Gasteiger partial charge in [0.2, 0.25) is 0 Å². The minimum Gasteiger partial charge on any atom is -0.336 e. The molecule has 0 unspecified atom stereocenters. The molecule has 1 aliphatic carbocycles. The van der Waals surface area contributed by atoms with Crippen molar-refractivity contribution in [2.45, 2.75) is 19.4 Å². The van der Waals surface area contributed by atoms with Gasteiger partial charge >= 0.3 is 0 Å². The summed E-state index contributed by atoms with van der Waals surface area (Å²) >= 11 is 5.97. The first-order valence-corrected chi connectivity index (χ1v) is 13.8. The van der Waals surface area contributed by atoms with Gasteiger partial charge in [-0.2, -0.15) is 0 Å². The summed E-state index contributed by atoms with van der Waals surface area (Å²) in [5.74, 6) is -0.0501. The van der Waals surface area contributed by atoms with Crippen molar-refractivity contribution in [3.63, 3.8) is 0 Å². The Morgan fingerprint density at radius 2 is 1.69 bits per heavy atom.